The van der Waals surface area contributed by atoms with Crippen LogP contribution in [0.2, 0.25) is 0 Å². The van der Waals surface area contributed by atoms with Crippen LogP contribution in [0.5, 0.6) is 11.5 Å². The largest absolute Gasteiger partial charge is 0.497 e. The van der Waals surface area contributed by atoms with Crippen LogP contribution >= 0.6 is 0 Å². The van der Waals surface area contributed by atoms with Crippen molar-refractivity contribution in [1.29, 1.82) is 10.8 Å². The highest BCUT2D eigenvalue weighted by molar-refractivity contribution is 6.17. The van der Waals surface area contributed by atoms with Crippen molar-refractivity contribution in [3.8, 4) is 11.5 Å². The first-order valence-corrected chi connectivity index (χ1v) is 18.9. The number of nitrogens with one attached hydrogen (secondary N) is 3. The number of allylic oxidation sites excluding steroid dienone is 2. The zero-order valence-electron chi connectivity index (χ0n) is 32.3. The molecule has 8 nitrogen and oxygen atoms in total. The molecule has 0 aliphatic carbocycles. The van der Waals surface area contributed by atoms with Gasteiger partial charge in [0.05, 0.1) is 19.9 Å². The number of nitrogens with two attached hydrogens (primary N) is 1. The van der Waals surface area contributed by atoms with E-state index in [9.17, 15) is 0 Å². The van der Waals surface area contributed by atoms with Crippen LogP contribution in [0.25, 0.3) is 0 Å². The van der Waals surface area contributed by atoms with Gasteiger partial charge in [-0.05, 0) is 124 Å². The molecule has 2 fully saturated rings. The van der Waals surface area contributed by atoms with Crippen molar-refractivity contribution in [2.45, 2.75) is 92.6 Å². The first-order valence-electron chi connectivity index (χ1n) is 18.9. The summed E-state index contributed by atoms with van der Waals surface area (Å²) >= 11 is 0. The van der Waals surface area contributed by atoms with Crippen molar-refractivity contribution in [3.05, 3.63) is 83.1 Å². The molecule has 2 aliphatic heterocycles. The zero-order valence-corrected chi connectivity index (χ0v) is 32.3. The Labute approximate surface area is 303 Å². The average Bonchev–Trinajstić information content (AvgIpc) is 3.14. The van der Waals surface area contributed by atoms with Crippen LogP contribution in [0.4, 0.5) is 0 Å². The van der Waals surface area contributed by atoms with E-state index in [1.807, 2.05) is 13.8 Å². The quantitative estimate of drug-likeness (QED) is 0.0723. The summed E-state index contributed by atoms with van der Waals surface area (Å²) < 4.78 is 16.8. The first kappa shape index (κ1) is 42.5. The van der Waals surface area contributed by atoms with E-state index in [4.69, 9.17) is 30.8 Å². The van der Waals surface area contributed by atoms with Crippen molar-refractivity contribution < 1.29 is 14.2 Å². The molecule has 2 aromatic carbocycles. The van der Waals surface area contributed by atoms with E-state index >= 15 is 0 Å². The first-order chi connectivity index (χ1) is 24.2. The fourth-order valence-electron chi connectivity index (χ4n) is 6.62. The average molecular weight is 690 g/mol. The van der Waals surface area contributed by atoms with E-state index in [0.29, 0.717) is 34.4 Å². The molecule has 278 valence electrons. The van der Waals surface area contributed by atoms with Gasteiger partial charge in [0.15, 0.2) is 0 Å². The summed E-state index contributed by atoms with van der Waals surface area (Å²) in [6, 6.07) is 12.3. The summed E-state index contributed by atoms with van der Waals surface area (Å²) in [5.74, 6) is 4.26. The monoisotopic (exact) mass is 690 g/mol. The number of piperidine rings is 1. The Kier molecular flexibility index (Phi) is 20.2. The lowest BCUT2D eigenvalue weighted by molar-refractivity contribution is 0.0409. The molecule has 2 saturated heterocycles. The fourth-order valence-corrected chi connectivity index (χ4v) is 6.62. The Hall–Kier alpha value is -3.62. The maximum absolute atomic E-state index is 8.33. The number of nitrogen functional groups attached to an aromatic ring is 1. The van der Waals surface area contributed by atoms with Gasteiger partial charge in [-0.15, -0.1) is 0 Å². The van der Waals surface area contributed by atoms with Gasteiger partial charge in [-0.1, -0.05) is 60.5 Å². The lowest BCUT2D eigenvalue weighted by atomic mass is 9.82. The number of methoxy groups -OCH3 is 2. The number of amidine groups is 1. The van der Waals surface area contributed by atoms with Crippen molar-refractivity contribution in [2.24, 2.45) is 23.5 Å². The molecule has 0 saturated carbocycles. The SMILES string of the molecule is CC.CC/C=C(\C=C/C(C)CN1CCCCC1)OC1CNCCCC(CC)C1C.COc1ccc(C(=N)c2ccc(OC)cc2C(=N)N)cc1. The molecule has 0 aromatic heterocycles. The molecule has 0 radical (unpaired) electrons. The summed E-state index contributed by atoms with van der Waals surface area (Å²) in [5, 5.41) is 19.6. The minimum Gasteiger partial charge on any atom is -0.497 e. The third kappa shape index (κ3) is 13.9. The third-order valence-corrected chi connectivity index (χ3v) is 9.57. The standard InChI is InChI=1S/C24H44N2O.C16H17N3O2.C2H6/c1-5-11-23(14-13-20(3)19-26-16-8-7-9-17-26)27-24-18-25-15-10-12-22(6-2)21(24)4;1-20-11-5-3-10(4-6-11)15(17)13-8-7-12(21-2)9-14(13)16(18)19;1-2/h11,13-14,20-22,24-25H,5-10,12,15-19H2,1-4H3;3-9,17H,1-2H3,(H3,18,19);1-2H3/b14-13-,23-11+;;. The Balaban J connectivity index is 0.000000339. The van der Waals surface area contributed by atoms with Gasteiger partial charge in [-0.2, -0.15) is 0 Å². The maximum atomic E-state index is 8.33. The van der Waals surface area contributed by atoms with Crippen molar-refractivity contribution >= 4 is 11.5 Å². The highest BCUT2D eigenvalue weighted by Crippen LogP contribution is 2.28. The van der Waals surface area contributed by atoms with E-state index in [0.717, 1.165) is 42.5 Å². The zero-order chi connectivity index (χ0) is 36.9. The highest BCUT2D eigenvalue weighted by atomic mass is 16.5. The number of hydrogen-bond donors (Lipinski definition) is 4. The molecule has 2 heterocycles. The van der Waals surface area contributed by atoms with Gasteiger partial charge in [0.25, 0.3) is 0 Å². The molecule has 0 spiro atoms. The lowest BCUT2D eigenvalue weighted by Gasteiger charge is -2.34. The molecular formula is C42H67N5O3. The number of likely N-dealkylation sites (tertiary alicyclic amines) is 1. The lowest BCUT2D eigenvalue weighted by Crippen LogP contribution is -2.39. The van der Waals surface area contributed by atoms with E-state index in [1.54, 1.807) is 56.7 Å². The summed E-state index contributed by atoms with van der Waals surface area (Å²) in [5.41, 5.74) is 7.71. The Morgan fingerprint density at radius 1 is 0.960 bits per heavy atom. The molecule has 4 rings (SSSR count). The van der Waals surface area contributed by atoms with Crippen molar-refractivity contribution in [3.63, 3.8) is 0 Å². The van der Waals surface area contributed by atoms with Crippen LogP contribution in [0.1, 0.15) is 103 Å². The fraction of sp³-hybridized carbons (Fsp3) is 0.571. The number of rotatable bonds is 13. The summed E-state index contributed by atoms with van der Waals surface area (Å²) in [4.78, 5) is 2.62. The minimum atomic E-state index is -0.0952. The van der Waals surface area contributed by atoms with Gasteiger partial charge in [0.2, 0.25) is 0 Å². The third-order valence-electron chi connectivity index (χ3n) is 9.57. The van der Waals surface area contributed by atoms with Crippen LogP contribution < -0.4 is 20.5 Å². The van der Waals surface area contributed by atoms with E-state index in [2.05, 4.69) is 56.1 Å². The van der Waals surface area contributed by atoms with Crippen molar-refractivity contribution in [1.82, 2.24) is 10.2 Å². The molecule has 2 aromatic rings. The maximum Gasteiger partial charge on any atom is 0.123 e. The second kappa shape index (κ2) is 23.7. The second-order valence-electron chi connectivity index (χ2n) is 13.2. The second-order valence-corrected chi connectivity index (χ2v) is 13.2. The smallest absolute Gasteiger partial charge is 0.123 e. The minimum absolute atomic E-state index is 0.0952. The number of ether oxygens (including phenoxy) is 3. The van der Waals surface area contributed by atoms with E-state index in [1.165, 1.54) is 58.2 Å². The van der Waals surface area contributed by atoms with Crippen LogP contribution in [-0.4, -0.2) is 69.5 Å². The Morgan fingerprint density at radius 2 is 1.62 bits per heavy atom. The number of benzene rings is 2. The molecule has 8 heteroatoms. The van der Waals surface area contributed by atoms with Gasteiger partial charge in [0, 0.05) is 29.8 Å². The molecule has 5 N–H and O–H groups in total. The van der Waals surface area contributed by atoms with Crippen LogP contribution in [0.3, 0.4) is 0 Å². The van der Waals surface area contributed by atoms with Gasteiger partial charge in [0.1, 0.15) is 29.2 Å². The normalized spacial score (nSPS) is 20.6. The number of hydrogen-bond acceptors (Lipinski definition) is 7. The van der Waals surface area contributed by atoms with Crippen LogP contribution in [0, 0.1) is 28.6 Å². The summed E-state index contributed by atoms with van der Waals surface area (Å²) in [6.45, 7) is 19.1. The van der Waals surface area contributed by atoms with Gasteiger partial charge >= 0.3 is 0 Å². The van der Waals surface area contributed by atoms with Crippen LogP contribution in [0.15, 0.2) is 66.5 Å². The molecule has 0 bridgehead atoms. The predicted molar refractivity (Wildman–Crippen MR) is 211 cm³/mol. The highest BCUT2D eigenvalue weighted by Gasteiger charge is 2.27. The summed E-state index contributed by atoms with van der Waals surface area (Å²) in [7, 11) is 3.14. The van der Waals surface area contributed by atoms with Gasteiger partial charge < -0.3 is 30.2 Å². The van der Waals surface area contributed by atoms with E-state index in [-0.39, 0.29) is 11.9 Å². The topological polar surface area (TPSA) is 117 Å². The van der Waals surface area contributed by atoms with Crippen LogP contribution in [-0.2, 0) is 4.74 Å². The molecule has 4 unspecified atom stereocenters. The van der Waals surface area contributed by atoms with Gasteiger partial charge in [-0.3, -0.25) is 10.8 Å². The van der Waals surface area contributed by atoms with Gasteiger partial charge in [-0.25, -0.2) is 0 Å². The predicted octanol–water partition coefficient (Wildman–Crippen LogP) is 8.82. The number of nitrogens with zero attached hydrogens (tertiary/aromatic N) is 1. The molecule has 2 aliphatic rings. The molecule has 50 heavy (non-hydrogen) atoms. The molecule has 4 atom stereocenters. The van der Waals surface area contributed by atoms with Crippen molar-refractivity contribution in [2.75, 3.05) is 46.9 Å². The Bertz CT molecular complexity index is 1330. The Morgan fingerprint density at radius 3 is 2.22 bits per heavy atom. The summed E-state index contributed by atoms with van der Waals surface area (Å²) in [6.07, 6.45) is 16.1. The molecular weight excluding hydrogens is 622 g/mol. The molecule has 0 amide bonds. The van der Waals surface area contributed by atoms with E-state index < -0.39 is 0 Å².